The van der Waals surface area contributed by atoms with Crippen LogP contribution in [-0.2, 0) is 22.4 Å². The highest BCUT2D eigenvalue weighted by Gasteiger charge is 2.19. The Morgan fingerprint density at radius 2 is 2.15 bits per heavy atom. The maximum Gasteiger partial charge on any atom is 0.200 e. The third-order valence-electron chi connectivity index (χ3n) is 3.71. The monoisotopic (exact) mass is 273 g/mol. The standard InChI is InChI=1S/C15H19N3O2/c1-19-15(20-2)14-9-17-10-18(14)13-5-3-4-11-8-16-7-6-12(11)13/h3-5,9-10,15-16H,6-8H2,1-2H3. The molecule has 1 aliphatic heterocycles. The van der Waals surface area contributed by atoms with Gasteiger partial charge in [0, 0.05) is 20.8 Å². The molecule has 5 nitrogen and oxygen atoms in total. The van der Waals surface area contributed by atoms with Crippen LogP contribution in [0.5, 0.6) is 0 Å². The second kappa shape index (κ2) is 5.75. The fourth-order valence-electron chi connectivity index (χ4n) is 2.76. The number of ether oxygens (including phenoxy) is 2. The van der Waals surface area contributed by atoms with Crippen LogP contribution in [0.25, 0.3) is 5.69 Å². The molecule has 2 heterocycles. The maximum absolute atomic E-state index is 5.35. The number of fused-ring (bicyclic) bond motifs is 1. The van der Waals surface area contributed by atoms with E-state index in [4.69, 9.17) is 9.47 Å². The SMILES string of the molecule is COC(OC)c1cncn1-c1cccc2c1CCNC2. The number of rotatable bonds is 4. The van der Waals surface area contributed by atoms with Gasteiger partial charge in [0.2, 0.25) is 6.29 Å². The lowest BCUT2D eigenvalue weighted by molar-refractivity contribution is -0.109. The molecule has 2 aromatic rings. The fourth-order valence-corrected chi connectivity index (χ4v) is 2.76. The van der Waals surface area contributed by atoms with Crippen LogP contribution in [0.1, 0.15) is 23.1 Å². The van der Waals surface area contributed by atoms with Gasteiger partial charge in [0.1, 0.15) is 0 Å². The first-order chi connectivity index (χ1) is 9.85. The molecule has 1 N–H and O–H groups in total. The van der Waals surface area contributed by atoms with Gasteiger partial charge in [-0.2, -0.15) is 0 Å². The Balaban J connectivity index is 2.08. The molecular formula is C15H19N3O2. The third-order valence-corrected chi connectivity index (χ3v) is 3.71. The van der Waals surface area contributed by atoms with Crippen molar-refractivity contribution in [2.24, 2.45) is 0 Å². The zero-order valence-electron chi connectivity index (χ0n) is 11.8. The van der Waals surface area contributed by atoms with Crippen molar-refractivity contribution >= 4 is 0 Å². The van der Waals surface area contributed by atoms with Gasteiger partial charge in [-0.25, -0.2) is 4.98 Å². The Morgan fingerprint density at radius 1 is 1.30 bits per heavy atom. The number of methoxy groups -OCH3 is 2. The molecule has 5 heteroatoms. The van der Waals surface area contributed by atoms with Crippen molar-refractivity contribution < 1.29 is 9.47 Å². The van der Waals surface area contributed by atoms with Crippen molar-refractivity contribution in [2.75, 3.05) is 20.8 Å². The molecule has 1 aromatic heterocycles. The first-order valence-corrected chi connectivity index (χ1v) is 6.75. The number of nitrogens with zero attached hydrogens (tertiary/aromatic N) is 2. The van der Waals surface area contributed by atoms with Crippen molar-refractivity contribution in [3.05, 3.63) is 47.5 Å². The van der Waals surface area contributed by atoms with E-state index in [1.165, 1.54) is 11.1 Å². The molecule has 0 atom stereocenters. The van der Waals surface area contributed by atoms with Crippen LogP contribution < -0.4 is 5.32 Å². The van der Waals surface area contributed by atoms with Gasteiger partial charge in [-0.05, 0) is 30.2 Å². The highest BCUT2D eigenvalue weighted by molar-refractivity contribution is 5.48. The van der Waals surface area contributed by atoms with Gasteiger partial charge in [0.15, 0.2) is 0 Å². The van der Waals surface area contributed by atoms with Gasteiger partial charge in [-0.1, -0.05) is 12.1 Å². The van der Waals surface area contributed by atoms with Crippen molar-refractivity contribution in [1.82, 2.24) is 14.9 Å². The zero-order valence-corrected chi connectivity index (χ0v) is 11.8. The van der Waals surface area contributed by atoms with Gasteiger partial charge in [-0.15, -0.1) is 0 Å². The summed E-state index contributed by atoms with van der Waals surface area (Å²) in [5.74, 6) is 0. The van der Waals surface area contributed by atoms with Crippen LogP contribution >= 0.6 is 0 Å². The molecule has 0 unspecified atom stereocenters. The summed E-state index contributed by atoms with van der Waals surface area (Å²) >= 11 is 0. The predicted octanol–water partition coefficient (Wildman–Crippen LogP) is 1.81. The summed E-state index contributed by atoms with van der Waals surface area (Å²) in [5.41, 5.74) is 4.79. The van der Waals surface area contributed by atoms with E-state index < -0.39 is 6.29 Å². The number of aromatic nitrogens is 2. The minimum atomic E-state index is -0.407. The number of hydrogen-bond acceptors (Lipinski definition) is 4. The first kappa shape index (κ1) is 13.3. The molecule has 0 amide bonds. The summed E-state index contributed by atoms with van der Waals surface area (Å²) in [5, 5.41) is 3.40. The molecule has 0 aliphatic carbocycles. The molecule has 1 aliphatic rings. The van der Waals surface area contributed by atoms with Gasteiger partial charge in [0.05, 0.1) is 23.9 Å². The first-order valence-electron chi connectivity index (χ1n) is 6.75. The Bertz CT molecular complexity index is 591. The van der Waals surface area contributed by atoms with E-state index in [2.05, 4.69) is 33.1 Å². The maximum atomic E-state index is 5.35. The second-order valence-corrected chi connectivity index (χ2v) is 4.83. The van der Waals surface area contributed by atoms with E-state index >= 15 is 0 Å². The quantitative estimate of drug-likeness (QED) is 0.863. The van der Waals surface area contributed by atoms with Crippen molar-refractivity contribution in [1.29, 1.82) is 0 Å². The summed E-state index contributed by atoms with van der Waals surface area (Å²) < 4.78 is 12.8. The van der Waals surface area contributed by atoms with Gasteiger partial charge >= 0.3 is 0 Å². The molecule has 0 saturated carbocycles. The molecule has 0 saturated heterocycles. The van der Waals surface area contributed by atoms with Crippen LogP contribution in [0.15, 0.2) is 30.7 Å². The number of benzene rings is 1. The summed E-state index contributed by atoms with van der Waals surface area (Å²) in [4.78, 5) is 4.25. The Morgan fingerprint density at radius 3 is 2.95 bits per heavy atom. The number of nitrogens with one attached hydrogen (secondary N) is 1. The minimum absolute atomic E-state index is 0.407. The Kier molecular flexibility index (Phi) is 3.82. The summed E-state index contributed by atoms with van der Waals surface area (Å²) in [7, 11) is 3.27. The molecular weight excluding hydrogens is 254 g/mol. The lowest BCUT2D eigenvalue weighted by Gasteiger charge is -2.23. The van der Waals surface area contributed by atoms with E-state index in [9.17, 15) is 0 Å². The van der Waals surface area contributed by atoms with Crippen molar-refractivity contribution in [3.63, 3.8) is 0 Å². The van der Waals surface area contributed by atoms with Gasteiger partial charge < -0.3 is 14.8 Å². The Labute approximate surface area is 118 Å². The second-order valence-electron chi connectivity index (χ2n) is 4.83. The molecule has 20 heavy (non-hydrogen) atoms. The van der Waals surface area contributed by atoms with E-state index in [1.54, 1.807) is 20.4 Å². The predicted molar refractivity (Wildman–Crippen MR) is 75.7 cm³/mol. The van der Waals surface area contributed by atoms with Gasteiger partial charge in [0.25, 0.3) is 0 Å². The molecule has 0 radical (unpaired) electrons. The van der Waals surface area contributed by atoms with Crippen molar-refractivity contribution in [2.45, 2.75) is 19.3 Å². The molecule has 1 aromatic carbocycles. The Hall–Kier alpha value is -1.69. The van der Waals surface area contributed by atoms with Crippen LogP contribution in [0, 0.1) is 0 Å². The smallest absolute Gasteiger partial charge is 0.200 e. The average Bonchev–Trinajstić information content (AvgIpc) is 2.97. The zero-order chi connectivity index (χ0) is 13.9. The summed E-state index contributed by atoms with van der Waals surface area (Å²) in [6.07, 6.45) is 4.22. The topological polar surface area (TPSA) is 48.3 Å². The molecule has 0 bridgehead atoms. The normalized spacial score (nSPS) is 14.6. The van der Waals surface area contributed by atoms with E-state index in [-0.39, 0.29) is 0 Å². The van der Waals surface area contributed by atoms with Crippen molar-refractivity contribution in [3.8, 4) is 5.69 Å². The lowest BCUT2D eigenvalue weighted by Crippen LogP contribution is -2.25. The minimum Gasteiger partial charge on any atom is -0.350 e. The van der Waals surface area contributed by atoms with E-state index in [1.807, 2.05) is 6.33 Å². The number of imidazole rings is 1. The average molecular weight is 273 g/mol. The van der Waals surface area contributed by atoms with Gasteiger partial charge in [-0.3, -0.25) is 4.57 Å². The van der Waals surface area contributed by atoms with Crippen LogP contribution in [0.2, 0.25) is 0 Å². The van der Waals surface area contributed by atoms with Crippen LogP contribution in [0.3, 0.4) is 0 Å². The molecule has 106 valence electrons. The van der Waals surface area contributed by atoms with Crippen LogP contribution in [0.4, 0.5) is 0 Å². The summed E-state index contributed by atoms with van der Waals surface area (Å²) in [6, 6.07) is 6.38. The van der Waals surface area contributed by atoms with E-state index in [0.717, 1.165) is 30.9 Å². The molecule has 0 fully saturated rings. The summed E-state index contributed by atoms with van der Waals surface area (Å²) in [6.45, 7) is 1.93. The fraction of sp³-hybridized carbons (Fsp3) is 0.400. The largest absolute Gasteiger partial charge is 0.350 e. The third kappa shape index (κ3) is 2.24. The number of hydrogen-bond donors (Lipinski definition) is 1. The van der Waals surface area contributed by atoms with E-state index in [0.29, 0.717) is 0 Å². The lowest BCUT2D eigenvalue weighted by atomic mass is 9.99. The molecule has 0 spiro atoms. The van der Waals surface area contributed by atoms with Crippen LogP contribution in [-0.4, -0.2) is 30.3 Å². The highest BCUT2D eigenvalue weighted by atomic mass is 16.7. The highest BCUT2D eigenvalue weighted by Crippen LogP contribution is 2.26. The molecule has 3 rings (SSSR count).